The number of hydrogen-bond acceptors (Lipinski definition) is 1. The van der Waals surface area contributed by atoms with Gasteiger partial charge in [0.25, 0.3) is 0 Å². The third-order valence-corrected chi connectivity index (χ3v) is 3.47. The molecule has 0 spiro atoms. The lowest BCUT2D eigenvalue weighted by atomic mass is 10.1. The van der Waals surface area contributed by atoms with Gasteiger partial charge in [0, 0.05) is 4.47 Å². The Balaban J connectivity index is 2.14. The van der Waals surface area contributed by atoms with Crippen LogP contribution < -0.4 is 5.32 Å². The van der Waals surface area contributed by atoms with Crippen LogP contribution in [-0.2, 0) is 0 Å². The molecule has 1 N–H and O–H groups in total. The molecule has 1 aliphatic carbocycles. The lowest BCUT2D eigenvalue weighted by Gasteiger charge is -2.03. The van der Waals surface area contributed by atoms with Crippen LogP contribution in [0, 0.1) is 11.7 Å². The van der Waals surface area contributed by atoms with Gasteiger partial charge < -0.3 is 5.32 Å². The first-order valence-electron chi connectivity index (χ1n) is 4.82. The van der Waals surface area contributed by atoms with E-state index < -0.39 is 0 Å². The van der Waals surface area contributed by atoms with Crippen LogP contribution >= 0.6 is 15.9 Å². The maximum atomic E-state index is 13.0. The number of nitrogens with one attached hydrogen (secondary N) is 1. The van der Waals surface area contributed by atoms with Crippen molar-refractivity contribution in [3.63, 3.8) is 0 Å². The van der Waals surface area contributed by atoms with E-state index in [2.05, 4.69) is 21.2 Å². The smallest absolute Gasteiger partial charge is 0.123 e. The van der Waals surface area contributed by atoms with E-state index >= 15 is 0 Å². The summed E-state index contributed by atoms with van der Waals surface area (Å²) in [6, 6.07) is 4.92. The summed E-state index contributed by atoms with van der Waals surface area (Å²) in [4.78, 5) is 0. The van der Waals surface area contributed by atoms with Gasteiger partial charge in [-0.3, -0.25) is 0 Å². The highest BCUT2D eigenvalue weighted by Gasteiger charge is 2.38. The van der Waals surface area contributed by atoms with Crippen molar-refractivity contribution in [2.45, 2.75) is 12.3 Å². The van der Waals surface area contributed by atoms with Gasteiger partial charge in [-0.2, -0.15) is 0 Å². The summed E-state index contributed by atoms with van der Waals surface area (Å²) in [5.41, 5.74) is 1.12. The Morgan fingerprint density at radius 1 is 1.57 bits per heavy atom. The highest BCUT2D eigenvalue weighted by atomic mass is 79.9. The summed E-state index contributed by atoms with van der Waals surface area (Å²) in [5.74, 6) is 1.07. The van der Waals surface area contributed by atoms with E-state index in [1.165, 1.54) is 12.5 Å². The summed E-state index contributed by atoms with van der Waals surface area (Å²) < 4.78 is 14.0. The highest BCUT2D eigenvalue weighted by Crippen LogP contribution is 2.49. The minimum atomic E-state index is -0.140. The molecular weight excluding hydrogens is 245 g/mol. The van der Waals surface area contributed by atoms with Crippen molar-refractivity contribution in [1.82, 2.24) is 5.32 Å². The zero-order valence-electron chi connectivity index (χ0n) is 8.06. The van der Waals surface area contributed by atoms with Gasteiger partial charge in [0.05, 0.1) is 0 Å². The summed E-state index contributed by atoms with van der Waals surface area (Å²) in [5, 5.41) is 3.15. The topological polar surface area (TPSA) is 12.0 Å². The van der Waals surface area contributed by atoms with Crippen LogP contribution in [0.2, 0.25) is 0 Å². The van der Waals surface area contributed by atoms with Gasteiger partial charge in [-0.05, 0) is 55.6 Å². The van der Waals surface area contributed by atoms with Gasteiger partial charge in [0.15, 0.2) is 0 Å². The Labute approximate surface area is 91.8 Å². The van der Waals surface area contributed by atoms with Gasteiger partial charge in [-0.15, -0.1) is 0 Å². The van der Waals surface area contributed by atoms with Crippen molar-refractivity contribution < 1.29 is 4.39 Å². The monoisotopic (exact) mass is 257 g/mol. The zero-order valence-corrected chi connectivity index (χ0v) is 9.64. The molecule has 0 radical (unpaired) electrons. The van der Waals surface area contributed by atoms with Crippen molar-refractivity contribution in [3.05, 3.63) is 34.1 Å². The normalized spacial score (nSPS) is 25.1. The van der Waals surface area contributed by atoms with Gasteiger partial charge in [0.1, 0.15) is 5.82 Å². The van der Waals surface area contributed by atoms with E-state index in [0.717, 1.165) is 16.6 Å². The number of halogens is 2. The van der Waals surface area contributed by atoms with Crippen LogP contribution in [0.3, 0.4) is 0 Å². The second-order valence-electron chi connectivity index (χ2n) is 3.83. The first kappa shape index (κ1) is 10.1. The van der Waals surface area contributed by atoms with E-state index in [4.69, 9.17) is 0 Å². The average Bonchev–Trinajstić information content (AvgIpc) is 2.89. The lowest BCUT2D eigenvalue weighted by molar-refractivity contribution is 0.623. The zero-order chi connectivity index (χ0) is 10.1. The third kappa shape index (κ3) is 1.98. The quantitative estimate of drug-likeness (QED) is 0.879. The fraction of sp³-hybridized carbons (Fsp3) is 0.455. The molecule has 2 atom stereocenters. The molecule has 14 heavy (non-hydrogen) atoms. The summed E-state index contributed by atoms with van der Waals surface area (Å²) in [6.07, 6.45) is 1.17. The first-order valence-corrected chi connectivity index (χ1v) is 5.61. The molecule has 0 saturated heterocycles. The van der Waals surface area contributed by atoms with Crippen molar-refractivity contribution in [1.29, 1.82) is 0 Å². The Bertz CT molecular complexity index is 340. The van der Waals surface area contributed by atoms with Crippen LogP contribution in [0.1, 0.15) is 17.9 Å². The largest absolute Gasteiger partial charge is 0.319 e. The van der Waals surface area contributed by atoms with Gasteiger partial charge in [-0.1, -0.05) is 15.9 Å². The molecule has 1 aliphatic rings. The lowest BCUT2D eigenvalue weighted by Crippen LogP contribution is -2.10. The highest BCUT2D eigenvalue weighted by molar-refractivity contribution is 9.10. The molecule has 1 aromatic carbocycles. The molecule has 0 aliphatic heterocycles. The predicted octanol–water partition coefficient (Wildman–Crippen LogP) is 2.91. The minimum Gasteiger partial charge on any atom is -0.319 e. The molecular formula is C11H13BrFN. The van der Waals surface area contributed by atoms with Crippen LogP contribution in [0.4, 0.5) is 4.39 Å². The van der Waals surface area contributed by atoms with Gasteiger partial charge in [-0.25, -0.2) is 4.39 Å². The molecule has 1 saturated carbocycles. The van der Waals surface area contributed by atoms with Crippen molar-refractivity contribution in [2.24, 2.45) is 5.92 Å². The van der Waals surface area contributed by atoms with E-state index in [9.17, 15) is 4.39 Å². The van der Waals surface area contributed by atoms with Crippen LogP contribution in [0.5, 0.6) is 0 Å². The summed E-state index contributed by atoms with van der Waals surface area (Å²) in [7, 11) is 1.95. The third-order valence-electron chi connectivity index (χ3n) is 2.75. The van der Waals surface area contributed by atoms with Crippen molar-refractivity contribution in [2.75, 3.05) is 13.6 Å². The number of hydrogen-bond donors (Lipinski definition) is 1. The Hall–Kier alpha value is -0.410. The molecule has 3 heteroatoms. The van der Waals surface area contributed by atoms with Gasteiger partial charge >= 0.3 is 0 Å². The van der Waals surface area contributed by atoms with Crippen molar-refractivity contribution in [3.8, 4) is 0 Å². The van der Waals surface area contributed by atoms with E-state index in [0.29, 0.717) is 11.8 Å². The van der Waals surface area contributed by atoms with Crippen LogP contribution in [0.15, 0.2) is 22.7 Å². The SMILES string of the molecule is CNCC1CC1c1cc(F)ccc1Br. The van der Waals surface area contributed by atoms with Crippen LogP contribution in [0.25, 0.3) is 0 Å². The molecule has 0 amide bonds. The standard InChI is InChI=1S/C11H13BrFN/c1-14-6-7-4-9(7)10-5-8(13)2-3-11(10)12/h2-3,5,7,9,14H,4,6H2,1H3. The van der Waals surface area contributed by atoms with Crippen molar-refractivity contribution >= 4 is 15.9 Å². The molecule has 0 heterocycles. The average molecular weight is 258 g/mol. The summed E-state index contributed by atoms with van der Waals surface area (Å²) in [6.45, 7) is 1.02. The fourth-order valence-electron chi connectivity index (χ4n) is 1.92. The van der Waals surface area contributed by atoms with E-state index in [1.807, 2.05) is 7.05 Å². The number of rotatable bonds is 3. The molecule has 2 unspecified atom stereocenters. The first-order chi connectivity index (χ1) is 6.72. The molecule has 1 nitrogen and oxygen atoms in total. The Morgan fingerprint density at radius 3 is 3.07 bits per heavy atom. The van der Waals surface area contributed by atoms with Crippen LogP contribution in [-0.4, -0.2) is 13.6 Å². The second kappa shape index (κ2) is 3.99. The fourth-order valence-corrected chi connectivity index (χ4v) is 2.46. The van der Waals surface area contributed by atoms with Gasteiger partial charge in [0.2, 0.25) is 0 Å². The molecule has 1 aromatic rings. The minimum absolute atomic E-state index is 0.140. The maximum Gasteiger partial charge on any atom is 0.123 e. The summed E-state index contributed by atoms with van der Waals surface area (Å²) >= 11 is 3.46. The maximum absolute atomic E-state index is 13.0. The Kier molecular flexibility index (Phi) is 2.88. The van der Waals surface area contributed by atoms with E-state index in [1.54, 1.807) is 12.1 Å². The molecule has 0 bridgehead atoms. The molecule has 1 fully saturated rings. The Morgan fingerprint density at radius 2 is 2.36 bits per heavy atom. The van der Waals surface area contributed by atoms with E-state index in [-0.39, 0.29) is 5.82 Å². The molecule has 76 valence electrons. The number of benzene rings is 1. The molecule has 0 aromatic heterocycles. The predicted molar refractivity (Wildman–Crippen MR) is 58.9 cm³/mol. The second-order valence-corrected chi connectivity index (χ2v) is 4.68. The molecule has 2 rings (SSSR count).